The van der Waals surface area contributed by atoms with Crippen LogP contribution >= 0.6 is 34.4 Å². The Bertz CT molecular complexity index is 1140. The number of carbonyl (C=O) groups is 3. The highest BCUT2D eigenvalue weighted by molar-refractivity contribution is 8.18. The molecule has 0 spiro atoms. The van der Waals surface area contributed by atoms with E-state index in [0.717, 1.165) is 34.6 Å². The maximum absolute atomic E-state index is 12.7. The van der Waals surface area contributed by atoms with Gasteiger partial charge in [-0.2, -0.15) is 0 Å². The van der Waals surface area contributed by atoms with E-state index in [0.29, 0.717) is 10.5 Å². The van der Waals surface area contributed by atoms with Crippen molar-refractivity contribution in [3.63, 3.8) is 0 Å². The Balaban J connectivity index is 1.36. The minimum atomic E-state index is -0.313. The Morgan fingerprint density at radius 3 is 2.61 bits per heavy atom. The molecule has 31 heavy (non-hydrogen) atoms. The molecule has 3 aromatic heterocycles. The van der Waals surface area contributed by atoms with Crippen LogP contribution in [0.1, 0.15) is 31.5 Å². The molecule has 4 rings (SSSR count). The average Bonchev–Trinajstić information content (AvgIpc) is 3.52. The number of imide groups is 1. The molecule has 3 amide bonds. The van der Waals surface area contributed by atoms with Crippen molar-refractivity contribution in [1.82, 2.24) is 14.8 Å². The van der Waals surface area contributed by atoms with Crippen LogP contribution in [-0.2, 0) is 11.3 Å². The molecule has 0 atom stereocenters. The standard InChI is InChI=1S/C22H21N3O3S3/c1-14-11-18(15(2)25(14)13-17-6-4-10-30-17)20(26)23-7-8-24-21(27)19(31-22(24)28)12-16-5-3-9-29-16/h3-6,9-12H,7-8,13H2,1-2H3,(H,23,26). The molecule has 0 unspecified atom stereocenters. The Morgan fingerprint density at radius 2 is 1.90 bits per heavy atom. The summed E-state index contributed by atoms with van der Waals surface area (Å²) < 4.78 is 2.12. The van der Waals surface area contributed by atoms with Crippen molar-refractivity contribution < 1.29 is 14.4 Å². The van der Waals surface area contributed by atoms with Crippen molar-refractivity contribution in [3.05, 3.63) is 72.7 Å². The first-order valence-corrected chi connectivity index (χ1v) is 12.3. The molecule has 3 aromatic rings. The first-order chi connectivity index (χ1) is 14.9. The summed E-state index contributed by atoms with van der Waals surface area (Å²) in [4.78, 5) is 41.3. The van der Waals surface area contributed by atoms with Gasteiger partial charge in [0.05, 0.1) is 17.0 Å². The van der Waals surface area contributed by atoms with E-state index in [1.165, 1.54) is 21.1 Å². The Kier molecular flexibility index (Phi) is 6.45. The van der Waals surface area contributed by atoms with E-state index >= 15 is 0 Å². The van der Waals surface area contributed by atoms with Crippen LogP contribution in [0.2, 0.25) is 0 Å². The van der Waals surface area contributed by atoms with Gasteiger partial charge in [0.15, 0.2) is 0 Å². The summed E-state index contributed by atoms with van der Waals surface area (Å²) in [5.74, 6) is -0.515. The molecule has 9 heteroatoms. The summed E-state index contributed by atoms with van der Waals surface area (Å²) in [5, 5.41) is 6.49. The summed E-state index contributed by atoms with van der Waals surface area (Å²) in [6.07, 6.45) is 1.73. The van der Waals surface area contributed by atoms with E-state index in [1.54, 1.807) is 17.4 Å². The highest BCUT2D eigenvalue weighted by Crippen LogP contribution is 2.32. The molecule has 1 N–H and O–H groups in total. The largest absolute Gasteiger partial charge is 0.350 e. The summed E-state index contributed by atoms with van der Waals surface area (Å²) in [6.45, 7) is 5.00. The number of thioether (sulfide) groups is 1. The van der Waals surface area contributed by atoms with Crippen LogP contribution in [-0.4, -0.2) is 39.6 Å². The van der Waals surface area contributed by atoms with E-state index in [9.17, 15) is 14.4 Å². The van der Waals surface area contributed by atoms with Crippen LogP contribution in [0.5, 0.6) is 0 Å². The van der Waals surface area contributed by atoms with Gasteiger partial charge in [0, 0.05) is 34.2 Å². The first kappa shape index (κ1) is 21.6. The third-order valence-corrected chi connectivity index (χ3v) is 7.61. The Hall–Kier alpha value is -2.62. The molecule has 1 aliphatic heterocycles. The summed E-state index contributed by atoms with van der Waals surface area (Å²) in [6, 6.07) is 9.76. The van der Waals surface area contributed by atoms with Crippen molar-refractivity contribution in [2.75, 3.05) is 13.1 Å². The van der Waals surface area contributed by atoms with Crippen molar-refractivity contribution in [1.29, 1.82) is 0 Å². The lowest BCUT2D eigenvalue weighted by Crippen LogP contribution is -2.37. The number of nitrogens with zero attached hydrogens (tertiary/aromatic N) is 2. The molecule has 6 nitrogen and oxygen atoms in total. The van der Waals surface area contributed by atoms with Gasteiger partial charge in [0.2, 0.25) is 0 Å². The minimum Gasteiger partial charge on any atom is -0.350 e. The molecule has 0 bridgehead atoms. The Morgan fingerprint density at radius 1 is 1.13 bits per heavy atom. The highest BCUT2D eigenvalue weighted by atomic mass is 32.2. The monoisotopic (exact) mass is 471 g/mol. The predicted octanol–water partition coefficient (Wildman–Crippen LogP) is 4.74. The summed E-state index contributed by atoms with van der Waals surface area (Å²) in [7, 11) is 0. The number of hydrogen-bond donors (Lipinski definition) is 1. The zero-order valence-corrected chi connectivity index (χ0v) is 19.5. The van der Waals surface area contributed by atoms with Gasteiger partial charge >= 0.3 is 0 Å². The average molecular weight is 472 g/mol. The van der Waals surface area contributed by atoms with Crippen LogP contribution in [0.4, 0.5) is 4.79 Å². The zero-order chi connectivity index (χ0) is 22.0. The van der Waals surface area contributed by atoms with Crippen molar-refractivity contribution in [2.24, 2.45) is 0 Å². The van der Waals surface area contributed by atoms with E-state index in [-0.39, 0.29) is 30.1 Å². The Labute approximate surface area is 192 Å². The number of carbonyl (C=O) groups excluding carboxylic acids is 3. The van der Waals surface area contributed by atoms with E-state index in [4.69, 9.17) is 0 Å². The van der Waals surface area contributed by atoms with Gasteiger partial charge in [-0.15, -0.1) is 22.7 Å². The fourth-order valence-electron chi connectivity index (χ4n) is 3.40. The molecule has 1 fully saturated rings. The fourth-order valence-corrected chi connectivity index (χ4v) is 5.69. The number of aromatic nitrogens is 1. The second-order valence-corrected chi connectivity index (χ2v) is 10.1. The van der Waals surface area contributed by atoms with Gasteiger partial charge in [-0.3, -0.25) is 19.3 Å². The van der Waals surface area contributed by atoms with Crippen LogP contribution in [0.15, 0.2) is 46.0 Å². The predicted molar refractivity (Wildman–Crippen MR) is 127 cm³/mol. The van der Waals surface area contributed by atoms with Gasteiger partial charge in [0.25, 0.3) is 17.1 Å². The molecule has 0 aromatic carbocycles. The highest BCUT2D eigenvalue weighted by Gasteiger charge is 2.34. The lowest BCUT2D eigenvalue weighted by Gasteiger charge is -2.13. The quantitative estimate of drug-likeness (QED) is 0.505. The maximum Gasteiger partial charge on any atom is 0.293 e. The number of hydrogen-bond acceptors (Lipinski definition) is 6. The van der Waals surface area contributed by atoms with Crippen molar-refractivity contribution in [3.8, 4) is 0 Å². The molecule has 1 saturated heterocycles. The topological polar surface area (TPSA) is 71.4 Å². The SMILES string of the molecule is Cc1cc(C(=O)NCCN2C(=O)SC(=Cc3cccs3)C2=O)c(C)n1Cc1cccs1. The van der Waals surface area contributed by atoms with E-state index < -0.39 is 0 Å². The van der Waals surface area contributed by atoms with Crippen molar-refractivity contribution in [2.45, 2.75) is 20.4 Å². The zero-order valence-electron chi connectivity index (χ0n) is 17.1. The summed E-state index contributed by atoms with van der Waals surface area (Å²) >= 11 is 4.13. The lowest BCUT2D eigenvalue weighted by molar-refractivity contribution is -0.122. The van der Waals surface area contributed by atoms with Gasteiger partial charge < -0.3 is 9.88 Å². The number of rotatable bonds is 7. The van der Waals surface area contributed by atoms with E-state index in [2.05, 4.69) is 16.0 Å². The molecule has 0 radical (unpaired) electrons. The van der Waals surface area contributed by atoms with Gasteiger partial charge in [0.1, 0.15) is 0 Å². The third-order valence-electron chi connectivity index (χ3n) is 5.02. The molecule has 4 heterocycles. The maximum atomic E-state index is 12.7. The minimum absolute atomic E-state index is 0.145. The van der Waals surface area contributed by atoms with Crippen molar-refractivity contribution >= 4 is 57.6 Å². The van der Waals surface area contributed by atoms with Crippen LogP contribution in [0, 0.1) is 13.8 Å². The van der Waals surface area contributed by atoms with Gasteiger partial charge in [-0.1, -0.05) is 12.1 Å². The van der Waals surface area contributed by atoms with Crippen LogP contribution in [0.25, 0.3) is 6.08 Å². The second-order valence-electron chi connectivity index (χ2n) is 7.05. The number of nitrogens with one attached hydrogen (secondary N) is 1. The normalized spacial score (nSPS) is 15.3. The molecule has 0 saturated carbocycles. The number of amides is 3. The number of thiophene rings is 2. The second kappa shape index (κ2) is 9.25. The van der Waals surface area contributed by atoms with Gasteiger partial charge in [-0.25, -0.2) is 0 Å². The molecular formula is C22H21N3O3S3. The van der Waals surface area contributed by atoms with Crippen LogP contribution < -0.4 is 5.32 Å². The number of aryl methyl sites for hydroxylation is 1. The third kappa shape index (κ3) is 4.68. The molecule has 0 aliphatic carbocycles. The molecule has 1 aliphatic rings. The summed E-state index contributed by atoms with van der Waals surface area (Å²) in [5.41, 5.74) is 2.52. The van der Waals surface area contributed by atoms with E-state index in [1.807, 2.05) is 48.9 Å². The fraction of sp³-hybridized carbons (Fsp3) is 0.227. The smallest absolute Gasteiger partial charge is 0.293 e. The van der Waals surface area contributed by atoms with Gasteiger partial charge in [-0.05, 0) is 60.6 Å². The molecule has 160 valence electrons. The molecular weight excluding hydrogens is 450 g/mol. The first-order valence-electron chi connectivity index (χ1n) is 9.70. The lowest BCUT2D eigenvalue weighted by atomic mass is 10.2. The van der Waals surface area contributed by atoms with Crippen LogP contribution in [0.3, 0.4) is 0 Å².